The average molecular weight is 307 g/mol. The monoisotopic (exact) mass is 307 g/mol. The second-order valence-electron chi connectivity index (χ2n) is 6.08. The molecule has 1 fully saturated rings. The summed E-state index contributed by atoms with van der Waals surface area (Å²) in [5.74, 6) is 0.0744. The fraction of sp³-hybridized carbons (Fsp3) is 0.688. The highest BCUT2D eigenvalue weighted by molar-refractivity contribution is 5.89. The molecule has 1 aliphatic rings. The first-order chi connectivity index (χ1) is 10.5. The standard InChI is InChI=1S/C16H25N3O3/c1-4-13-6-8-16(9-7-13,15(21)22-3)18-14(20)12(2)19-11-5-10-17-19/h5,10-13H,4,6-9H2,1-3H3,(H,18,20)/t12-,13?,16?/m0/s1. The topological polar surface area (TPSA) is 73.2 Å². The van der Waals surface area contributed by atoms with Gasteiger partial charge in [-0.1, -0.05) is 13.3 Å². The molecule has 0 unspecified atom stereocenters. The molecular weight excluding hydrogens is 282 g/mol. The van der Waals surface area contributed by atoms with E-state index in [1.54, 1.807) is 30.1 Å². The minimum Gasteiger partial charge on any atom is -0.467 e. The number of carbonyl (C=O) groups is 2. The number of carbonyl (C=O) groups excluding carboxylic acids is 2. The van der Waals surface area contributed by atoms with Crippen LogP contribution in [-0.4, -0.2) is 34.3 Å². The Morgan fingerprint density at radius 1 is 1.45 bits per heavy atom. The summed E-state index contributed by atoms with van der Waals surface area (Å²) in [7, 11) is 1.37. The lowest BCUT2D eigenvalue weighted by Crippen LogP contribution is -2.58. The van der Waals surface area contributed by atoms with Gasteiger partial charge in [-0.2, -0.15) is 5.10 Å². The van der Waals surface area contributed by atoms with Gasteiger partial charge in [-0.3, -0.25) is 9.48 Å². The van der Waals surface area contributed by atoms with Crippen LogP contribution in [0, 0.1) is 5.92 Å². The molecule has 1 amide bonds. The lowest BCUT2D eigenvalue weighted by atomic mass is 9.75. The highest BCUT2D eigenvalue weighted by Gasteiger charge is 2.44. The maximum Gasteiger partial charge on any atom is 0.331 e. The summed E-state index contributed by atoms with van der Waals surface area (Å²) in [5.41, 5.74) is -0.890. The Bertz CT molecular complexity index is 505. The first kappa shape index (κ1) is 16.5. The van der Waals surface area contributed by atoms with Crippen LogP contribution in [0.15, 0.2) is 18.5 Å². The van der Waals surface area contributed by atoms with Crippen molar-refractivity contribution in [3.05, 3.63) is 18.5 Å². The molecule has 1 heterocycles. The predicted octanol–water partition coefficient (Wildman–Crippen LogP) is 2.07. The molecule has 22 heavy (non-hydrogen) atoms. The molecule has 1 aliphatic carbocycles. The molecule has 1 aromatic heterocycles. The Morgan fingerprint density at radius 3 is 2.64 bits per heavy atom. The third-order valence-corrected chi connectivity index (χ3v) is 4.78. The van der Waals surface area contributed by atoms with E-state index in [0.29, 0.717) is 18.8 Å². The van der Waals surface area contributed by atoms with Crippen LogP contribution in [0.5, 0.6) is 0 Å². The highest BCUT2D eigenvalue weighted by Crippen LogP contribution is 2.35. The molecule has 0 radical (unpaired) electrons. The van der Waals surface area contributed by atoms with Crippen molar-refractivity contribution >= 4 is 11.9 Å². The summed E-state index contributed by atoms with van der Waals surface area (Å²) in [6, 6.07) is 1.31. The molecule has 1 N–H and O–H groups in total. The van der Waals surface area contributed by atoms with Gasteiger partial charge < -0.3 is 10.1 Å². The van der Waals surface area contributed by atoms with E-state index in [0.717, 1.165) is 19.3 Å². The van der Waals surface area contributed by atoms with Gasteiger partial charge in [-0.25, -0.2) is 4.79 Å². The van der Waals surface area contributed by atoms with Crippen molar-refractivity contribution in [3.63, 3.8) is 0 Å². The van der Waals surface area contributed by atoms with Crippen molar-refractivity contribution in [3.8, 4) is 0 Å². The van der Waals surface area contributed by atoms with Crippen LogP contribution < -0.4 is 5.32 Å². The van der Waals surface area contributed by atoms with E-state index >= 15 is 0 Å². The molecule has 0 bridgehead atoms. The van der Waals surface area contributed by atoms with Crippen molar-refractivity contribution in [2.75, 3.05) is 7.11 Å². The van der Waals surface area contributed by atoms with Crippen molar-refractivity contribution in [1.29, 1.82) is 0 Å². The van der Waals surface area contributed by atoms with E-state index < -0.39 is 11.6 Å². The van der Waals surface area contributed by atoms with Crippen LogP contribution in [0.25, 0.3) is 0 Å². The van der Waals surface area contributed by atoms with Gasteiger partial charge in [-0.15, -0.1) is 0 Å². The van der Waals surface area contributed by atoms with E-state index in [9.17, 15) is 9.59 Å². The maximum atomic E-state index is 12.5. The second-order valence-corrected chi connectivity index (χ2v) is 6.08. The van der Waals surface area contributed by atoms with Crippen molar-refractivity contribution in [2.45, 2.75) is 57.5 Å². The second kappa shape index (κ2) is 6.94. The van der Waals surface area contributed by atoms with Crippen LogP contribution in [0.4, 0.5) is 0 Å². The van der Waals surface area contributed by atoms with Crippen LogP contribution in [0.1, 0.15) is 52.0 Å². The highest BCUT2D eigenvalue weighted by atomic mass is 16.5. The van der Waals surface area contributed by atoms with E-state index in [1.165, 1.54) is 7.11 Å². The maximum absolute atomic E-state index is 12.5. The summed E-state index contributed by atoms with van der Waals surface area (Å²) in [6.45, 7) is 3.93. The number of nitrogens with zero attached hydrogens (tertiary/aromatic N) is 2. The predicted molar refractivity (Wildman–Crippen MR) is 82.1 cm³/mol. The van der Waals surface area contributed by atoms with Gasteiger partial charge >= 0.3 is 5.97 Å². The number of hydrogen-bond donors (Lipinski definition) is 1. The summed E-state index contributed by atoms with van der Waals surface area (Å²) in [5, 5.41) is 7.02. The van der Waals surface area contributed by atoms with Crippen molar-refractivity contribution < 1.29 is 14.3 Å². The fourth-order valence-electron chi connectivity index (χ4n) is 3.12. The van der Waals surface area contributed by atoms with Gasteiger partial charge in [0.2, 0.25) is 5.91 Å². The van der Waals surface area contributed by atoms with Gasteiger partial charge in [0.05, 0.1) is 7.11 Å². The number of ether oxygens (including phenoxy) is 1. The zero-order valence-electron chi connectivity index (χ0n) is 13.5. The lowest BCUT2D eigenvalue weighted by Gasteiger charge is -2.38. The molecule has 122 valence electrons. The molecule has 0 aromatic carbocycles. The van der Waals surface area contributed by atoms with Gasteiger partial charge in [0.15, 0.2) is 0 Å². The van der Waals surface area contributed by atoms with Gasteiger partial charge in [-0.05, 0) is 44.6 Å². The Kier molecular flexibility index (Phi) is 5.21. The van der Waals surface area contributed by atoms with E-state index in [-0.39, 0.29) is 11.9 Å². The van der Waals surface area contributed by atoms with E-state index in [2.05, 4.69) is 17.3 Å². The smallest absolute Gasteiger partial charge is 0.331 e. The number of methoxy groups -OCH3 is 1. The molecule has 1 atom stereocenters. The number of esters is 1. The number of amides is 1. The SMILES string of the molecule is CCC1CCC(NC(=O)[C@H](C)n2cccn2)(C(=O)OC)CC1. The van der Waals surface area contributed by atoms with Gasteiger partial charge in [0.1, 0.15) is 11.6 Å². The zero-order valence-corrected chi connectivity index (χ0v) is 13.5. The summed E-state index contributed by atoms with van der Waals surface area (Å²) >= 11 is 0. The molecule has 0 spiro atoms. The lowest BCUT2D eigenvalue weighted by molar-refractivity contribution is -0.153. The number of aromatic nitrogens is 2. The van der Waals surface area contributed by atoms with E-state index in [4.69, 9.17) is 4.74 Å². The molecule has 2 rings (SSSR count). The minimum atomic E-state index is -0.890. The number of hydrogen-bond acceptors (Lipinski definition) is 4. The van der Waals surface area contributed by atoms with Crippen LogP contribution in [-0.2, 0) is 14.3 Å². The Labute approximate surface area is 131 Å². The molecule has 1 aromatic rings. The van der Waals surface area contributed by atoms with E-state index in [1.807, 2.05) is 0 Å². The molecule has 0 aliphatic heterocycles. The van der Waals surface area contributed by atoms with Crippen LogP contribution in [0.3, 0.4) is 0 Å². The third-order valence-electron chi connectivity index (χ3n) is 4.78. The third kappa shape index (κ3) is 3.31. The molecule has 6 heteroatoms. The Balaban J connectivity index is 2.10. The quantitative estimate of drug-likeness (QED) is 0.845. The number of rotatable bonds is 5. The Morgan fingerprint density at radius 2 is 2.14 bits per heavy atom. The first-order valence-electron chi connectivity index (χ1n) is 7.92. The Hall–Kier alpha value is -1.85. The summed E-state index contributed by atoms with van der Waals surface area (Å²) in [6.07, 6.45) is 7.61. The molecule has 0 saturated heterocycles. The molecule has 1 saturated carbocycles. The average Bonchev–Trinajstić information content (AvgIpc) is 3.08. The van der Waals surface area contributed by atoms with Crippen LogP contribution >= 0.6 is 0 Å². The van der Waals surface area contributed by atoms with Gasteiger partial charge in [0, 0.05) is 12.4 Å². The van der Waals surface area contributed by atoms with Crippen molar-refractivity contribution in [1.82, 2.24) is 15.1 Å². The molecular formula is C16H25N3O3. The van der Waals surface area contributed by atoms with Crippen molar-refractivity contribution in [2.24, 2.45) is 5.92 Å². The normalized spacial score (nSPS) is 26.2. The summed E-state index contributed by atoms with van der Waals surface area (Å²) < 4.78 is 6.54. The number of nitrogens with one attached hydrogen (secondary N) is 1. The zero-order chi connectivity index (χ0) is 16.2. The van der Waals surface area contributed by atoms with Gasteiger partial charge in [0.25, 0.3) is 0 Å². The minimum absolute atomic E-state index is 0.205. The van der Waals surface area contributed by atoms with Crippen LogP contribution in [0.2, 0.25) is 0 Å². The first-order valence-corrected chi connectivity index (χ1v) is 7.92. The largest absolute Gasteiger partial charge is 0.467 e. The summed E-state index contributed by atoms with van der Waals surface area (Å²) in [4.78, 5) is 24.8. The fourth-order valence-corrected chi connectivity index (χ4v) is 3.12. The molecule has 6 nitrogen and oxygen atoms in total.